The molecule has 3 aromatic rings. The van der Waals surface area contributed by atoms with Crippen LogP contribution in [-0.4, -0.2) is 31.4 Å². The van der Waals surface area contributed by atoms with E-state index in [0.717, 1.165) is 11.3 Å². The van der Waals surface area contributed by atoms with Gasteiger partial charge in [-0.1, -0.05) is 60.7 Å². The van der Waals surface area contributed by atoms with Crippen molar-refractivity contribution in [1.29, 1.82) is 0 Å². The molecule has 1 amide bonds. The average molecular weight is 332 g/mol. The number of anilines is 1. The number of fused-ring (bicyclic) bond motifs is 1. The lowest BCUT2D eigenvalue weighted by Gasteiger charge is -2.28. The third kappa shape index (κ3) is 3.82. The number of carbonyl (C=O) groups is 1. The van der Waals surface area contributed by atoms with E-state index in [2.05, 4.69) is 49.4 Å². The van der Waals surface area contributed by atoms with Crippen LogP contribution in [0, 0.1) is 0 Å². The van der Waals surface area contributed by atoms with Gasteiger partial charge in [-0.15, -0.1) is 0 Å². The first-order valence-corrected chi connectivity index (χ1v) is 8.57. The van der Waals surface area contributed by atoms with Crippen molar-refractivity contribution in [1.82, 2.24) is 4.90 Å². The van der Waals surface area contributed by atoms with E-state index < -0.39 is 0 Å². The Labute approximate surface area is 149 Å². The molecule has 0 aliphatic heterocycles. The smallest absolute Gasteiger partial charge is 0.242 e. The van der Waals surface area contributed by atoms with Crippen molar-refractivity contribution in [2.24, 2.45) is 0 Å². The van der Waals surface area contributed by atoms with Gasteiger partial charge < -0.3 is 9.80 Å². The minimum Gasteiger partial charge on any atom is -0.365 e. The highest BCUT2D eigenvalue weighted by molar-refractivity contribution is 5.87. The summed E-state index contributed by atoms with van der Waals surface area (Å²) in [5.41, 5.74) is 2.19. The fraction of sp³-hybridized carbons (Fsp3) is 0.227. The summed E-state index contributed by atoms with van der Waals surface area (Å²) >= 11 is 0. The first-order valence-electron chi connectivity index (χ1n) is 8.57. The van der Waals surface area contributed by atoms with E-state index in [1.165, 1.54) is 10.8 Å². The quantitative estimate of drug-likeness (QED) is 0.687. The lowest BCUT2D eigenvalue weighted by atomic mass is 10.1. The highest BCUT2D eigenvalue weighted by atomic mass is 16.2. The molecule has 0 N–H and O–H groups in total. The molecule has 0 heterocycles. The second-order valence-corrected chi connectivity index (χ2v) is 6.48. The monoisotopic (exact) mass is 332 g/mol. The predicted octanol–water partition coefficient (Wildman–Crippen LogP) is 4.50. The Morgan fingerprint density at radius 3 is 2.24 bits per heavy atom. The molecule has 0 saturated heterocycles. The van der Waals surface area contributed by atoms with Crippen LogP contribution in [0.1, 0.15) is 18.5 Å². The van der Waals surface area contributed by atoms with Gasteiger partial charge in [0.05, 0.1) is 12.6 Å². The maximum absolute atomic E-state index is 12.7. The van der Waals surface area contributed by atoms with Gasteiger partial charge in [0, 0.05) is 19.8 Å². The highest BCUT2D eigenvalue weighted by Gasteiger charge is 2.18. The van der Waals surface area contributed by atoms with Gasteiger partial charge in [-0.3, -0.25) is 4.79 Å². The number of likely N-dealkylation sites (N-methyl/N-ethyl adjacent to an activating group) is 2. The van der Waals surface area contributed by atoms with E-state index in [0.29, 0.717) is 6.54 Å². The maximum Gasteiger partial charge on any atom is 0.242 e. The standard InChI is InChI=1S/C22H24N2O/c1-17(18-9-5-4-6-10-18)24(3)22(25)16-23(2)21-14-13-19-11-7-8-12-20(19)15-21/h4-15,17H,16H2,1-3H3/t17-/m0/s1. The highest BCUT2D eigenvalue weighted by Crippen LogP contribution is 2.22. The molecule has 128 valence electrons. The topological polar surface area (TPSA) is 23.6 Å². The largest absolute Gasteiger partial charge is 0.365 e. The van der Waals surface area contributed by atoms with Gasteiger partial charge in [0.15, 0.2) is 0 Å². The van der Waals surface area contributed by atoms with E-state index in [1.807, 2.05) is 54.2 Å². The van der Waals surface area contributed by atoms with Crippen molar-refractivity contribution in [3.8, 4) is 0 Å². The normalized spacial score (nSPS) is 12.0. The Morgan fingerprint density at radius 1 is 0.880 bits per heavy atom. The minimum absolute atomic E-state index is 0.0544. The van der Waals surface area contributed by atoms with Crippen molar-refractivity contribution in [3.05, 3.63) is 78.4 Å². The van der Waals surface area contributed by atoms with Crippen LogP contribution < -0.4 is 4.90 Å². The van der Waals surface area contributed by atoms with Gasteiger partial charge in [0.25, 0.3) is 0 Å². The summed E-state index contributed by atoms with van der Waals surface area (Å²) in [7, 11) is 3.83. The summed E-state index contributed by atoms with van der Waals surface area (Å²) in [6.45, 7) is 2.41. The predicted molar refractivity (Wildman–Crippen MR) is 105 cm³/mol. The van der Waals surface area contributed by atoms with Crippen LogP contribution in [0.5, 0.6) is 0 Å². The zero-order valence-electron chi connectivity index (χ0n) is 15.0. The van der Waals surface area contributed by atoms with E-state index in [-0.39, 0.29) is 11.9 Å². The first-order chi connectivity index (χ1) is 12.1. The van der Waals surface area contributed by atoms with E-state index in [9.17, 15) is 4.79 Å². The van der Waals surface area contributed by atoms with Crippen LogP contribution in [0.2, 0.25) is 0 Å². The molecular weight excluding hydrogens is 308 g/mol. The number of benzene rings is 3. The Kier molecular flexibility index (Phi) is 5.03. The number of hydrogen-bond acceptors (Lipinski definition) is 2. The van der Waals surface area contributed by atoms with Crippen LogP contribution in [0.3, 0.4) is 0 Å². The molecule has 0 unspecified atom stereocenters. The lowest BCUT2D eigenvalue weighted by molar-refractivity contribution is -0.130. The van der Waals surface area contributed by atoms with E-state index in [4.69, 9.17) is 0 Å². The van der Waals surface area contributed by atoms with Gasteiger partial charge >= 0.3 is 0 Å². The molecule has 0 aliphatic rings. The second-order valence-electron chi connectivity index (χ2n) is 6.48. The number of rotatable bonds is 5. The van der Waals surface area contributed by atoms with Gasteiger partial charge in [0.2, 0.25) is 5.91 Å². The van der Waals surface area contributed by atoms with E-state index in [1.54, 1.807) is 0 Å². The molecule has 25 heavy (non-hydrogen) atoms. The number of nitrogens with zero attached hydrogens (tertiary/aromatic N) is 2. The summed E-state index contributed by atoms with van der Waals surface area (Å²) in [4.78, 5) is 16.5. The fourth-order valence-electron chi connectivity index (χ4n) is 2.99. The number of carbonyl (C=O) groups excluding carboxylic acids is 1. The lowest BCUT2D eigenvalue weighted by Crippen LogP contribution is -2.38. The number of amides is 1. The molecule has 0 saturated carbocycles. The zero-order chi connectivity index (χ0) is 17.8. The van der Waals surface area contributed by atoms with Crippen molar-refractivity contribution >= 4 is 22.4 Å². The maximum atomic E-state index is 12.7. The SMILES string of the molecule is C[C@@H](c1ccccc1)N(C)C(=O)CN(C)c1ccc2ccccc2c1. The summed E-state index contributed by atoms with van der Waals surface area (Å²) in [5, 5.41) is 2.39. The molecule has 0 radical (unpaired) electrons. The summed E-state index contributed by atoms with van der Waals surface area (Å²) in [6.07, 6.45) is 0. The molecule has 0 aliphatic carbocycles. The molecular formula is C22H24N2O. The van der Waals surface area contributed by atoms with Crippen LogP contribution in [0.4, 0.5) is 5.69 Å². The zero-order valence-corrected chi connectivity index (χ0v) is 15.0. The van der Waals surface area contributed by atoms with Gasteiger partial charge in [-0.2, -0.15) is 0 Å². The second kappa shape index (κ2) is 7.39. The van der Waals surface area contributed by atoms with Crippen molar-refractivity contribution in [2.45, 2.75) is 13.0 Å². The molecule has 3 aromatic carbocycles. The van der Waals surface area contributed by atoms with Crippen molar-refractivity contribution in [3.63, 3.8) is 0 Å². The number of hydrogen-bond donors (Lipinski definition) is 0. The third-order valence-electron chi connectivity index (χ3n) is 4.80. The molecule has 3 nitrogen and oxygen atoms in total. The van der Waals surface area contributed by atoms with Crippen LogP contribution in [0.25, 0.3) is 10.8 Å². The Balaban J connectivity index is 1.70. The average Bonchev–Trinajstić information content (AvgIpc) is 2.67. The summed E-state index contributed by atoms with van der Waals surface area (Å²) in [6, 6.07) is 24.7. The molecule has 3 rings (SSSR count). The fourth-order valence-corrected chi connectivity index (χ4v) is 2.99. The molecule has 3 heteroatoms. The Morgan fingerprint density at radius 2 is 1.52 bits per heavy atom. The Bertz CT molecular complexity index is 860. The minimum atomic E-state index is 0.0544. The third-order valence-corrected chi connectivity index (χ3v) is 4.80. The van der Waals surface area contributed by atoms with Gasteiger partial charge in [-0.05, 0) is 35.4 Å². The molecule has 0 aromatic heterocycles. The molecule has 0 bridgehead atoms. The molecule has 0 fully saturated rings. The summed E-state index contributed by atoms with van der Waals surface area (Å²) in [5.74, 6) is 0.104. The van der Waals surface area contributed by atoms with Gasteiger partial charge in [0.1, 0.15) is 0 Å². The molecule has 1 atom stereocenters. The summed E-state index contributed by atoms with van der Waals surface area (Å²) < 4.78 is 0. The van der Waals surface area contributed by atoms with Crippen LogP contribution >= 0.6 is 0 Å². The van der Waals surface area contributed by atoms with Gasteiger partial charge in [-0.25, -0.2) is 0 Å². The van der Waals surface area contributed by atoms with Crippen LogP contribution in [-0.2, 0) is 4.79 Å². The molecule has 0 spiro atoms. The first kappa shape index (κ1) is 17.0. The van der Waals surface area contributed by atoms with E-state index >= 15 is 0 Å². The van der Waals surface area contributed by atoms with Crippen molar-refractivity contribution in [2.75, 3.05) is 25.5 Å². The van der Waals surface area contributed by atoms with Crippen molar-refractivity contribution < 1.29 is 4.79 Å². The Hall–Kier alpha value is -2.81. The van der Waals surface area contributed by atoms with Crippen LogP contribution in [0.15, 0.2) is 72.8 Å².